The summed E-state index contributed by atoms with van der Waals surface area (Å²) in [7, 11) is 0. The van der Waals surface area contributed by atoms with Crippen molar-refractivity contribution in [3.8, 4) is 0 Å². The number of nitrogens with zero attached hydrogens (tertiary/aromatic N) is 1. The molecule has 11 heavy (non-hydrogen) atoms. The zero-order valence-electron chi connectivity index (χ0n) is 6.07. The number of nitro groups is 1. The molecule has 0 aliphatic heterocycles. The summed E-state index contributed by atoms with van der Waals surface area (Å²) in [5, 5.41) is 10.2. The topological polar surface area (TPSA) is 43.1 Å². The van der Waals surface area contributed by atoms with Crippen molar-refractivity contribution in [3.63, 3.8) is 0 Å². The number of para-hydroxylation sites is 1. The zero-order chi connectivity index (χ0) is 7.56. The first-order valence-corrected chi connectivity index (χ1v) is 2.92. The van der Waals surface area contributed by atoms with Gasteiger partial charge < -0.3 is 0 Å². The molecule has 1 rings (SSSR count). The molecule has 0 bridgehead atoms. The number of hydrogen-bond donors (Lipinski definition) is 0. The molecule has 0 heterocycles. The molecule has 0 atom stereocenters. The van der Waals surface area contributed by atoms with Crippen LogP contribution in [-0.2, 0) is 0 Å². The second-order valence-corrected chi connectivity index (χ2v) is 2.04. The minimum absolute atomic E-state index is 0. The number of benzene rings is 1. The maximum Gasteiger partial charge on any atom is 0.272 e. The summed E-state index contributed by atoms with van der Waals surface area (Å²) >= 11 is 0. The molecule has 1 aromatic carbocycles. The van der Waals surface area contributed by atoms with Gasteiger partial charge in [-0.05, 0) is 6.92 Å². The van der Waals surface area contributed by atoms with Crippen LogP contribution in [0, 0.1) is 17.0 Å². The van der Waals surface area contributed by atoms with E-state index >= 15 is 0 Å². The summed E-state index contributed by atoms with van der Waals surface area (Å²) in [6.07, 6.45) is 0. The van der Waals surface area contributed by atoms with Crippen molar-refractivity contribution < 1.29 is 4.92 Å². The Morgan fingerprint density at radius 1 is 1.36 bits per heavy atom. The Kier molecular flexibility index (Phi) is 4.24. The van der Waals surface area contributed by atoms with E-state index in [1.165, 1.54) is 6.07 Å². The van der Waals surface area contributed by atoms with Crippen LogP contribution in [0.3, 0.4) is 0 Å². The van der Waals surface area contributed by atoms with Crippen LogP contribution < -0.4 is 0 Å². The smallest absolute Gasteiger partial charge is 0.258 e. The molecule has 4 radical (unpaired) electrons. The summed E-state index contributed by atoms with van der Waals surface area (Å²) in [5.41, 5.74) is 0.884. The second-order valence-electron chi connectivity index (χ2n) is 2.04. The van der Waals surface area contributed by atoms with Crippen molar-refractivity contribution in [3.05, 3.63) is 39.9 Å². The first kappa shape index (κ1) is 10.5. The molecule has 0 unspecified atom stereocenters. The van der Waals surface area contributed by atoms with Crippen LogP contribution in [0.1, 0.15) is 5.56 Å². The molecule has 0 N–H and O–H groups in total. The minimum Gasteiger partial charge on any atom is -0.258 e. The standard InChI is InChI=1S/C7H7NO2.Pb/c1-6-4-2-3-5-7(6)8(9)10;/h2-5H,1H3;. The first-order chi connectivity index (χ1) is 4.72. The van der Waals surface area contributed by atoms with Gasteiger partial charge in [0, 0.05) is 38.9 Å². The van der Waals surface area contributed by atoms with E-state index in [0.717, 1.165) is 0 Å². The van der Waals surface area contributed by atoms with Crippen molar-refractivity contribution in [2.45, 2.75) is 6.92 Å². The van der Waals surface area contributed by atoms with Crippen molar-refractivity contribution in [1.29, 1.82) is 0 Å². The van der Waals surface area contributed by atoms with Gasteiger partial charge in [-0.3, -0.25) is 10.1 Å². The number of rotatable bonds is 1. The molecule has 0 aliphatic rings. The van der Waals surface area contributed by atoms with Crippen LogP contribution in [0.4, 0.5) is 5.69 Å². The summed E-state index contributed by atoms with van der Waals surface area (Å²) < 4.78 is 0. The molecule has 0 spiro atoms. The number of aryl methyl sites for hydroxylation is 1. The molecule has 0 aromatic heterocycles. The Morgan fingerprint density at radius 2 is 1.91 bits per heavy atom. The molecule has 3 nitrogen and oxygen atoms in total. The van der Waals surface area contributed by atoms with Crippen molar-refractivity contribution in [1.82, 2.24) is 0 Å². The van der Waals surface area contributed by atoms with Crippen LogP contribution in [0.25, 0.3) is 0 Å². The summed E-state index contributed by atoms with van der Waals surface area (Å²) in [6.45, 7) is 1.72. The Morgan fingerprint density at radius 3 is 2.27 bits per heavy atom. The Hall–Kier alpha value is -0.458. The molecule has 0 aliphatic carbocycles. The third-order valence-corrected chi connectivity index (χ3v) is 1.31. The normalized spacial score (nSPS) is 8.45. The maximum atomic E-state index is 10.2. The van der Waals surface area contributed by atoms with E-state index in [1.807, 2.05) is 0 Å². The van der Waals surface area contributed by atoms with Gasteiger partial charge in [0.05, 0.1) is 4.92 Å². The average molecular weight is 344 g/mol. The zero-order valence-corrected chi connectivity index (χ0v) is 9.96. The van der Waals surface area contributed by atoms with E-state index in [0.29, 0.717) is 5.56 Å². The van der Waals surface area contributed by atoms with Crippen molar-refractivity contribution >= 4 is 33.0 Å². The van der Waals surface area contributed by atoms with Gasteiger partial charge in [0.25, 0.3) is 5.69 Å². The average Bonchev–Trinajstić information content (AvgIpc) is 1.88. The van der Waals surface area contributed by atoms with E-state index in [4.69, 9.17) is 0 Å². The third-order valence-electron chi connectivity index (χ3n) is 1.31. The molecule has 0 saturated heterocycles. The third kappa shape index (κ3) is 2.57. The monoisotopic (exact) mass is 345 g/mol. The molecular weight excluding hydrogens is 337 g/mol. The fourth-order valence-corrected chi connectivity index (χ4v) is 0.768. The van der Waals surface area contributed by atoms with Crippen LogP contribution in [0.2, 0.25) is 0 Å². The van der Waals surface area contributed by atoms with Crippen molar-refractivity contribution in [2.24, 2.45) is 0 Å². The van der Waals surface area contributed by atoms with Crippen LogP contribution in [0.15, 0.2) is 24.3 Å². The summed E-state index contributed by atoms with van der Waals surface area (Å²) in [4.78, 5) is 9.85. The predicted molar refractivity (Wildman–Crippen MR) is 43.6 cm³/mol. The number of hydrogen-bond acceptors (Lipinski definition) is 2. The molecule has 0 saturated carbocycles. The van der Waals surface area contributed by atoms with Crippen molar-refractivity contribution in [2.75, 3.05) is 0 Å². The molecule has 4 heteroatoms. The quantitative estimate of drug-likeness (QED) is 0.440. The predicted octanol–water partition coefficient (Wildman–Crippen LogP) is 1.52. The van der Waals surface area contributed by atoms with Gasteiger partial charge in [-0.1, -0.05) is 18.2 Å². The van der Waals surface area contributed by atoms with Gasteiger partial charge in [-0.2, -0.15) is 0 Å². The summed E-state index contributed by atoms with van der Waals surface area (Å²) in [5.74, 6) is 0. The first-order valence-electron chi connectivity index (χ1n) is 2.92. The van der Waals surface area contributed by atoms with E-state index in [-0.39, 0.29) is 37.9 Å². The van der Waals surface area contributed by atoms with E-state index in [2.05, 4.69) is 0 Å². The minimum atomic E-state index is -0.380. The molecule has 1 aromatic rings. The van der Waals surface area contributed by atoms with Crippen LogP contribution in [-0.4, -0.2) is 32.2 Å². The fraction of sp³-hybridized carbons (Fsp3) is 0.143. The van der Waals surface area contributed by atoms with E-state index in [9.17, 15) is 10.1 Å². The van der Waals surface area contributed by atoms with Gasteiger partial charge in [0.1, 0.15) is 0 Å². The van der Waals surface area contributed by atoms with Gasteiger partial charge in [-0.25, -0.2) is 0 Å². The molecule has 56 valence electrons. The molecule has 0 amide bonds. The van der Waals surface area contributed by atoms with E-state index < -0.39 is 0 Å². The Labute approximate surface area is 84.7 Å². The molecule has 0 fully saturated rings. The van der Waals surface area contributed by atoms with Gasteiger partial charge >= 0.3 is 0 Å². The Balaban J connectivity index is 0.000001000. The van der Waals surface area contributed by atoms with Gasteiger partial charge in [0.15, 0.2) is 0 Å². The second kappa shape index (κ2) is 4.43. The Bertz CT molecular complexity index is 262. The molecular formula is C7H7NO2Pb. The number of nitro benzene ring substituents is 1. The largest absolute Gasteiger partial charge is 0.272 e. The van der Waals surface area contributed by atoms with Crippen LogP contribution in [0.5, 0.6) is 0 Å². The van der Waals surface area contributed by atoms with Gasteiger partial charge in [0.2, 0.25) is 0 Å². The summed E-state index contributed by atoms with van der Waals surface area (Å²) in [6, 6.07) is 6.65. The van der Waals surface area contributed by atoms with Gasteiger partial charge in [-0.15, -0.1) is 0 Å². The van der Waals surface area contributed by atoms with E-state index in [1.54, 1.807) is 25.1 Å². The maximum absolute atomic E-state index is 10.2. The SMILES string of the molecule is Cc1ccccc1[N+](=O)[O-].[Pb]. The van der Waals surface area contributed by atoms with Crippen LogP contribution >= 0.6 is 0 Å². The fourth-order valence-electron chi connectivity index (χ4n) is 0.768.